The highest BCUT2D eigenvalue weighted by Gasteiger charge is 2.45. The molecule has 12 heteroatoms. The van der Waals surface area contributed by atoms with Crippen molar-refractivity contribution in [2.45, 2.75) is 76.7 Å². The summed E-state index contributed by atoms with van der Waals surface area (Å²) >= 11 is 0. The number of aliphatic hydroxyl groups is 1. The van der Waals surface area contributed by atoms with Crippen LogP contribution in [0.15, 0.2) is 64.5 Å². The van der Waals surface area contributed by atoms with Crippen molar-refractivity contribution in [3.8, 4) is 17.1 Å². The molecule has 4 aliphatic heterocycles. The molecule has 0 bridgehead atoms. The molecule has 2 N–H and O–H groups in total. The Hall–Kier alpha value is -5.07. The number of hydrogen-bond donors (Lipinski definition) is 2. The molecule has 0 saturated carbocycles. The lowest BCUT2D eigenvalue weighted by molar-refractivity contribution is -0.172. The fourth-order valence-corrected chi connectivity index (χ4v) is 8.02. The molecule has 2 aromatic carbocycles. The smallest absolute Gasteiger partial charge is 0.415 e. The maximum atomic E-state index is 13.7. The maximum Gasteiger partial charge on any atom is 0.415 e. The van der Waals surface area contributed by atoms with Crippen molar-refractivity contribution in [3.05, 3.63) is 87.2 Å². The average molecular weight is 691 g/mol. The Kier molecular flexibility index (Phi) is 8.81. The van der Waals surface area contributed by atoms with Crippen molar-refractivity contribution in [2.24, 2.45) is 5.10 Å². The Bertz CT molecular complexity index is 2080. The minimum atomic E-state index is -1.90. The van der Waals surface area contributed by atoms with Crippen LogP contribution < -0.4 is 15.7 Å². The van der Waals surface area contributed by atoms with Crippen LogP contribution in [0, 0.1) is 0 Å². The van der Waals surface area contributed by atoms with Gasteiger partial charge in [-0.3, -0.25) is 10.2 Å². The highest BCUT2D eigenvalue weighted by atomic mass is 16.6. The number of aromatic nitrogens is 2. The van der Waals surface area contributed by atoms with Gasteiger partial charge < -0.3 is 28.9 Å². The number of nitrogens with one attached hydrogen (secondary N) is 1. The monoisotopic (exact) mass is 690 g/mol. The molecule has 0 radical (unpaired) electrons. The second-order valence-electron chi connectivity index (χ2n) is 13.9. The van der Waals surface area contributed by atoms with Gasteiger partial charge >= 0.3 is 12.1 Å². The molecule has 4 aromatic rings. The zero-order valence-electron chi connectivity index (χ0n) is 28.8. The number of anilines is 1. The fraction of sp³-hybridized carbons (Fsp3) is 0.410. The number of cyclic esters (lactones) is 1. The van der Waals surface area contributed by atoms with Crippen molar-refractivity contribution in [3.63, 3.8) is 0 Å². The minimum absolute atomic E-state index is 0.0712. The van der Waals surface area contributed by atoms with Crippen LogP contribution in [0.2, 0.25) is 0 Å². The molecule has 2 fully saturated rings. The van der Waals surface area contributed by atoms with Crippen LogP contribution in [-0.2, 0) is 34.7 Å². The summed E-state index contributed by atoms with van der Waals surface area (Å²) in [5, 5.41) is 16.5. The van der Waals surface area contributed by atoms with Crippen molar-refractivity contribution in [1.29, 1.82) is 0 Å². The number of amides is 1. The largest absolute Gasteiger partial charge is 0.458 e. The van der Waals surface area contributed by atoms with Crippen LogP contribution in [-0.4, -0.2) is 75.0 Å². The predicted octanol–water partition coefficient (Wildman–Crippen LogP) is 5.17. The molecule has 2 aromatic heterocycles. The number of fused-ring (bicyclic) bond motifs is 5. The van der Waals surface area contributed by atoms with E-state index < -0.39 is 11.6 Å². The van der Waals surface area contributed by atoms with Crippen LogP contribution in [0.1, 0.15) is 67.7 Å². The van der Waals surface area contributed by atoms with E-state index in [9.17, 15) is 19.5 Å². The van der Waals surface area contributed by atoms with Gasteiger partial charge in [0.2, 0.25) is 0 Å². The van der Waals surface area contributed by atoms with E-state index in [1.54, 1.807) is 34.7 Å². The molecule has 0 unspecified atom stereocenters. The molecule has 8 rings (SSSR count). The van der Waals surface area contributed by atoms with Gasteiger partial charge in [-0.25, -0.2) is 14.6 Å². The molecule has 51 heavy (non-hydrogen) atoms. The third-order valence-electron chi connectivity index (χ3n) is 10.9. The van der Waals surface area contributed by atoms with E-state index in [1.807, 2.05) is 42.5 Å². The lowest BCUT2D eigenvalue weighted by atomic mass is 9.86. The molecule has 264 valence electrons. The summed E-state index contributed by atoms with van der Waals surface area (Å²) in [6.45, 7) is 5.35. The Labute approximate surface area is 295 Å². The molecule has 0 aliphatic carbocycles. The van der Waals surface area contributed by atoms with E-state index in [4.69, 9.17) is 14.5 Å². The van der Waals surface area contributed by atoms with Gasteiger partial charge in [0.15, 0.2) is 5.60 Å². The van der Waals surface area contributed by atoms with Crippen molar-refractivity contribution >= 4 is 34.9 Å². The number of hydrogen-bond acceptors (Lipinski definition) is 10. The predicted molar refractivity (Wildman–Crippen MR) is 193 cm³/mol. The zero-order valence-corrected chi connectivity index (χ0v) is 28.8. The van der Waals surface area contributed by atoms with Gasteiger partial charge in [-0.2, -0.15) is 5.10 Å². The summed E-state index contributed by atoms with van der Waals surface area (Å²) in [4.78, 5) is 49.3. The van der Waals surface area contributed by atoms with Gasteiger partial charge in [-0.05, 0) is 81.6 Å². The second kappa shape index (κ2) is 13.6. The van der Waals surface area contributed by atoms with Gasteiger partial charge in [-0.1, -0.05) is 31.5 Å². The Morgan fingerprint density at radius 3 is 2.63 bits per heavy atom. The Morgan fingerprint density at radius 2 is 1.86 bits per heavy atom. The maximum absolute atomic E-state index is 13.7. The van der Waals surface area contributed by atoms with Gasteiger partial charge in [0.05, 0.1) is 34.7 Å². The van der Waals surface area contributed by atoms with Crippen LogP contribution in [0.3, 0.4) is 0 Å². The van der Waals surface area contributed by atoms with E-state index in [0.29, 0.717) is 48.2 Å². The topological polar surface area (TPSA) is 139 Å². The number of ether oxygens (including phenoxy) is 2. The lowest BCUT2D eigenvalue weighted by Crippen LogP contribution is -2.48. The number of rotatable bonds is 7. The Morgan fingerprint density at radius 1 is 1.08 bits per heavy atom. The fourth-order valence-electron chi connectivity index (χ4n) is 8.02. The number of piperidine rings is 2. The number of benzene rings is 2. The van der Waals surface area contributed by atoms with Crippen LogP contribution in [0.5, 0.6) is 5.75 Å². The van der Waals surface area contributed by atoms with Crippen molar-refractivity contribution in [1.82, 2.24) is 19.4 Å². The molecule has 4 aliphatic rings. The van der Waals surface area contributed by atoms with Gasteiger partial charge in [0.25, 0.3) is 5.56 Å². The summed E-state index contributed by atoms with van der Waals surface area (Å²) in [6, 6.07) is 17.4. The highest BCUT2D eigenvalue weighted by Crippen LogP contribution is 2.40. The van der Waals surface area contributed by atoms with Crippen LogP contribution in [0.25, 0.3) is 22.3 Å². The van der Waals surface area contributed by atoms with Gasteiger partial charge in [0.1, 0.15) is 12.4 Å². The summed E-state index contributed by atoms with van der Waals surface area (Å²) in [7, 11) is 0. The SMILES string of the molecule is CC[C@@]1(O)C(=O)OCc2c1cc1n(c2=O)Cc2cc3c(C/C=N/Nc4ccccc4)c(OC(=O)N4CCC(N5CCCCC5)CC4)ccc3nc2-1. The van der Waals surface area contributed by atoms with E-state index in [1.165, 1.54) is 19.3 Å². The number of carbonyl (C=O) groups excluding carboxylic acids is 2. The summed E-state index contributed by atoms with van der Waals surface area (Å²) < 4.78 is 13.0. The number of likely N-dealkylation sites (tertiary alicyclic amines) is 2. The first kappa shape index (κ1) is 33.1. The standard InChI is InChI=1S/C39H42N6O6/c1-2-39(49)31-22-33-35-25(23-45(33)36(46)30(31)24-50-37(39)47)21-29-28(13-16-40-42-26-9-5-3-6-10-26)34(12-11-32(29)41-35)51-38(48)44-19-14-27(15-20-44)43-17-7-4-8-18-43/h3,5-6,9-12,16,21-22,27,42,49H,2,4,7-8,13-15,17-20,23-24H2,1H3/b40-16+/t39-/m0/s1. The molecule has 12 nitrogen and oxygen atoms in total. The molecule has 1 amide bonds. The normalized spacial score (nSPS) is 20.6. The van der Waals surface area contributed by atoms with Gasteiger partial charge in [0, 0.05) is 53.8 Å². The van der Waals surface area contributed by atoms with Crippen molar-refractivity contribution < 1.29 is 24.2 Å². The van der Waals surface area contributed by atoms with Crippen LogP contribution in [0.4, 0.5) is 10.5 Å². The third kappa shape index (κ3) is 6.06. The highest BCUT2D eigenvalue weighted by molar-refractivity contribution is 5.92. The molecule has 0 spiro atoms. The van der Waals surface area contributed by atoms with E-state index >= 15 is 0 Å². The van der Waals surface area contributed by atoms with Crippen molar-refractivity contribution in [2.75, 3.05) is 31.6 Å². The van der Waals surface area contributed by atoms with E-state index in [0.717, 1.165) is 48.1 Å². The zero-order chi connectivity index (χ0) is 35.1. The quantitative estimate of drug-likeness (QED) is 0.135. The molecule has 6 heterocycles. The van der Waals surface area contributed by atoms with E-state index in [-0.39, 0.29) is 42.4 Å². The molecule has 2 saturated heterocycles. The summed E-state index contributed by atoms with van der Waals surface area (Å²) in [6.07, 6.45) is 7.46. The minimum Gasteiger partial charge on any atom is -0.458 e. The Balaban J connectivity index is 1.11. The molecular formula is C39H42N6O6. The number of hydrazone groups is 1. The molecular weight excluding hydrogens is 648 g/mol. The third-order valence-corrected chi connectivity index (χ3v) is 10.9. The number of para-hydroxylation sites is 1. The van der Waals surface area contributed by atoms with Crippen LogP contribution >= 0.6 is 0 Å². The second-order valence-corrected chi connectivity index (χ2v) is 13.9. The lowest BCUT2D eigenvalue weighted by Gasteiger charge is -2.39. The first-order chi connectivity index (χ1) is 24.8. The summed E-state index contributed by atoms with van der Waals surface area (Å²) in [5.41, 5.74) is 5.57. The number of esters is 1. The average Bonchev–Trinajstić information content (AvgIpc) is 3.53. The first-order valence-corrected chi connectivity index (χ1v) is 18.0. The first-order valence-electron chi connectivity index (χ1n) is 18.0. The number of carbonyl (C=O) groups is 2. The number of nitrogens with zero attached hydrogens (tertiary/aromatic N) is 5. The van der Waals surface area contributed by atoms with E-state index in [2.05, 4.69) is 15.4 Å². The van der Waals surface area contributed by atoms with Gasteiger partial charge in [-0.15, -0.1) is 0 Å². The molecule has 1 atom stereocenters. The number of pyridine rings is 2. The summed E-state index contributed by atoms with van der Waals surface area (Å²) in [5.74, 6) is -0.321.